The van der Waals surface area contributed by atoms with E-state index in [9.17, 15) is 4.79 Å². The molecule has 1 heterocycles. The molecule has 0 bridgehead atoms. The molecule has 0 amide bonds. The van der Waals surface area contributed by atoms with Crippen LogP contribution in [0.3, 0.4) is 0 Å². The first-order chi connectivity index (χ1) is 7.66. The van der Waals surface area contributed by atoms with Crippen molar-refractivity contribution in [3.05, 3.63) is 34.9 Å². The zero-order valence-corrected chi connectivity index (χ0v) is 9.57. The fourth-order valence-corrected chi connectivity index (χ4v) is 2.34. The van der Waals surface area contributed by atoms with Gasteiger partial charge in [-0.25, -0.2) is 0 Å². The zero-order chi connectivity index (χ0) is 11.5. The second-order valence-corrected chi connectivity index (χ2v) is 4.60. The van der Waals surface area contributed by atoms with Gasteiger partial charge in [0.2, 0.25) is 0 Å². The van der Waals surface area contributed by atoms with E-state index in [1.165, 1.54) is 0 Å². The minimum atomic E-state index is -0.762. The van der Waals surface area contributed by atoms with Gasteiger partial charge in [0, 0.05) is 5.02 Å². The number of benzene rings is 1. The van der Waals surface area contributed by atoms with Gasteiger partial charge in [-0.3, -0.25) is 4.79 Å². The standard InChI is InChI=1S/C12H14ClNO2/c13-10-4-2-1-3-9(10)5-8-6-11(12(15)16)14-7-8/h1-4,8,11,14H,5-7H2,(H,15,16)/t8-,11-/m0/s1. The fraction of sp³-hybridized carbons (Fsp3) is 0.417. The number of carbonyl (C=O) groups is 1. The maximum absolute atomic E-state index is 10.8. The number of rotatable bonds is 3. The fourth-order valence-electron chi connectivity index (χ4n) is 2.13. The van der Waals surface area contributed by atoms with Crippen molar-refractivity contribution in [3.8, 4) is 0 Å². The van der Waals surface area contributed by atoms with Crippen LogP contribution in [0.1, 0.15) is 12.0 Å². The number of hydrogen-bond donors (Lipinski definition) is 2. The Bertz CT molecular complexity index is 394. The molecule has 2 N–H and O–H groups in total. The van der Waals surface area contributed by atoms with E-state index in [1.807, 2.05) is 24.3 Å². The van der Waals surface area contributed by atoms with Gasteiger partial charge in [-0.2, -0.15) is 0 Å². The van der Waals surface area contributed by atoms with Crippen LogP contribution in [-0.2, 0) is 11.2 Å². The lowest BCUT2D eigenvalue weighted by atomic mass is 9.97. The lowest BCUT2D eigenvalue weighted by molar-refractivity contribution is -0.139. The quantitative estimate of drug-likeness (QED) is 0.848. The number of carboxylic acid groups (broad SMARTS) is 1. The van der Waals surface area contributed by atoms with Crippen molar-refractivity contribution in [2.45, 2.75) is 18.9 Å². The summed E-state index contributed by atoms with van der Waals surface area (Å²) in [5.41, 5.74) is 1.10. The summed E-state index contributed by atoms with van der Waals surface area (Å²) in [7, 11) is 0. The molecule has 16 heavy (non-hydrogen) atoms. The van der Waals surface area contributed by atoms with E-state index in [1.54, 1.807) is 0 Å². The van der Waals surface area contributed by atoms with Gasteiger partial charge in [0.05, 0.1) is 0 Å². The topological polar surface area (TPSA) is 49.3 Å². The van der Waals surface area contributed by atoms with Crippen LogP contribution >= 0.6 is 11.6 Å². The lowest BCUT2D eigenvalue weighted by Crippen LogP contribution is -2.29. The number of carboxylic acids is 1. The van der Waals surface area contributed by atoms with Crippen LogP contribution in [0, 0.1) is 5.92 Å². The Labute approximate surface area is 99.4 Å². The van der Waals surface area contributed by atoms with E-state index in [2.05, 4.69) is 5.32 Å². The highest BCUT2D eigenvalue weighted by Gasteiger charge is 2.29. The Morgan fingerprint density at radius 2 is 2.25 bits per heavy atom. The molecule has 1 aliphatic heterocycles. The summed E-state index contributed by atoms with van der Waals surface area (Å²) < 4.78 is 0. The van der Waals surface area contributed by atoms with Crippen molar-refractivity contribution >= 4 is 17.6 Å². The summed E-state index contributed by atoms with van der Waals surface area (Å²) in [6, 6.07) is 7.33. The second-order valence-electron chi connectivity index (χ2n) is 4.20. The number of nitrogens with one attached hydrogen (secondary N) is 1. The van der Waals surface area contributed by atoms with Crippen LogP contribution in [0.4, 0.5) is 0 Å². The summed E-state index contributed by atoms with van der Waals surface area (Å²) in [4.78, 5) is 10.8. The van der Waals surface area contributed by atoms with E-state index in [0.717, 1.165) is 23.6 Å². The molecule has 0 aliphatic carbocycles. The van der Waals surface area contributed by atoms with Gasteiger partial charge < -0.3 is 10.4 Å². The third-order valence-corrected chi connectivity index (χ3v) is 3.36. The molecule has 0 radical (unpaired) electrons. The van der Waals surface area contributed by atoms with E-state index >= 15 is 0 Å². The molecule has 2 atom stereocenters. The molecule has 1 aromatic rings. The van der Waals surface area contributed by atoms with Crippen molar-refractivity contribution < 1.29 is 9.90 Å². The number of halogens is 1. The maximum atomic E-state index is 10.8. The Morgan fingerprint density at radius 1 is 1.50 bits per heavy atom. The van der Waals surface area contributed by atoms with E-state index < -0.39 is 12.0 Å². The van der Waals surface area contributed by atoms with E-state index in [0.29, 0.717) is 12.3 Å². The summed E-state index contributed by atoms with van der Waals surface area (Å²) in [5, 5.41) is 12.6. The molecular formula is C12H14ClNO2. The first-order valence-electron chi connectivity index (χ1n) is 5.36. The Morgan fingerprint density at radius 3 is 2.88 bits per heavy atom. The van der Waals surface area contributed by atoms with Crippen LogP contribution in [-0.4, -0.2) is 23.7 Å². The summed E-state index contributed by atoms with van der Waals surface area (Å²) in [6.07, 6.45) is 1.52. The molecule has 1 aromatic carbocycles. The average Bonchev–Trinajstić information content (AvgIpc) is 2.70. The van der Waals surface area contributed by atoms with Crippen molar-refractivity contribution in [1.29, 1.82) is 0 Å². The van der Waals surface area contributed by atoms with Gasteiger partial charge in [0.15, 0.2) is 0 Å². The molecular weight excluding hydrogens is 226 g/mol. The average molecular weight is 240 g/mol. The third-order valence-electron chi connectivity index (χ3n) is 2.99. The predicted molar refractivity (Wildman–Crippen MR) is 62.7 cm³/mol. The summed E-state index contributed by atoms with van der Waals surface area (Å²) >= 11 is 6.06. The highest BCUT2D eigenvalue weighted by Crippen LogP contribution is 2.23. The van der Waals surface area contributed by atoms with Crippen molar-refractivity contribution in [1.82, 2.24) is 5.32 Å². The molecule has 0 unspecified atom stereocenters. The molecule has 0 saturated carbocycles. The molecule has 1 aliphatic rings. The van der Waals surface area contributed by atoms with Crippen molar-refractivity contribution in [2.75, 3.05) is 6.54 Å². The first-order valence-corrected chi connectivity index (χ1v) is 5.74. The zero-order valence-electron chi connectivity index (χ0n) is 8.82. The van der Waals surface area contributed by atoms with Crippen molar-refractivity contribution in [3.63, 3.8) is 0 Å². The molecule has 1 fully saturated rings. The Balaban J connectivity index is 1.97. The smallest absolute Gasteiger partial charge is 0.320 e. The van der Waals surface area contributed by atoms with E-state index in [-0.39, 0.29) is 0 Å². The number of hydrogen-bond acceptors (Lipinski definition) is 2. The Kier molecular flexibility index (Phi) is 3.46. The highest BCUT2D eigenvalue weighted by molar-refractivity contribution is 6.31. The van der Waals surface area contributed by atoms with Gasteiger partial charge in [-0.05, 0) is 36.9 Å². The molecule has 0 aromatic heterocycles. The molecule has 2 rings (SSSR count). The SMILES string of the molecule is O=C(O)[C@@H]1C[C@H](Cc2ccccc2Cl)CN1. The Hall–Kier alpha value is -1.06. The van der Waals surface area contributed by atoms with Crippen LogP contribution < -0.4 is 5.32 Å². The first kappa shape index (κ1) is 11.4. The minimum Gasteiger partial charge on any atom is -0.480 e. The molecule has 4 heteroatoms. The van der Waals surface area contributed by atoms with Gasteiger partial charge in [0.25, 0.3) is 0 Å². The van der Waals surface area contributed by atoms with Gasteiger partial charge in [-0.15, -0.1) is 0 Å². The maximum Gasteiger partial charge on any atom is 0.320 e. The highest BCUT2D eigenvalue weighted by atomic mass is 35.5. The minimum absolute atomic E-state index is 0.362. The van der Waals surface area contributed by atoms with Crippen LogP contribution in [0.2, 0.25) is 5.02 Å². The summed E-state index contributed by atoms with van der Waals surface area (Å²) in [5.74, 6) is -0.400. The van der Waals surface area contributed by atoms with Gasteiger partial charge in [-0.1, -0.05) is 29.8 Å². The van der Waals surface area contributed by atoms with Gasteiger partial charge >= 0.3 is 5.97 Å². The summed E-state index contributed by atoms with van der Waals surface area (Å²) in [6.45, 7) is 0.752. The lowest BCUT2D eigenvalue weighted by Gasteiger charge is -2.09. The van der Waals surface area contributed by atoms with Crippen LogP contribution in [0.5, 0.6) is 0 Å². The third kappa shape index (κ3) is 2.54. The predicted octanol–water partition coefficient (Wildman–Crippen LogP) is 1.95. The van der Waals surface area contributed by atoms with Crippen LogP contribution in [0.25, 0.3) is 0 Å². The molecule has 0 spiro atoms. The normalized spacial score (nSPS) is 24.6. The monoisotopic (exact) mass is 239 g/mol. The molecule has 1 saturated heterocycles. The number of aliphatic carboxylic acids is 1. The largest absolute Gasteiger partial charge is 0.480 e. The van der Waals surface area contributed by atoms with Crippen LogP contribution in [0.15, 0.2) is 24.3 Å². The molecule has 86 valence electrons. The second kappa shape index (κ2) is 4.85. The van der Waals surface area contributed by atoms with Crippen molar-refractivity contribution in [2.24, 2.45) is 5.92 Å². The van der Waals surface area contributed by atoms with E-state index in [4.69, 9.17) is 16.7 Å². The van der Waals surface area contributed by atoms with Gasteiger partial charge in [0.1, 0.15) is 6.04 Å². The molecule has 3 nitrogen and oxygen atoms in total.